The number of rotatable bonds is 4. The van der Waals surface area contributed by atoms with E-state index in [1.54, 1.807) is 0 Å². The van der Waals surface area contributed by atoms with Crippen LogP contribution in [0.3, 0.4) is 0 Å². The lowest BCUT2D eigenvalue weighted by atomic mass is 9.94. The Kier molecular flexibility index (Phi) is 4.04. The first-order valence-corrected chi connectivity index (χ1v) is 7.46. The third-order valence-electron chi connectivity index (χ3n) is 3.84. The van der Waals surface area contributed by atoms with Crippen LogP contribution in [0.4, 0.5) is 0 Å². The van der Waals surface area contributed by atoms with Gasteiger partial charge in [-0.2, -0.15) is 0 Å². The highest BCUT2D eigenvalue weighted by molar-refractivity contribution is 6.33. The molecule has 3 nitrogen and oxygen atoms in total. The van der Waals surface area contributed by atoms with E-state index in [2.05, 4.69) is 19.1 Å². The zero-order chi connectivity index (χ0) is 14.8. The first kappa shape index (κ1) is 14.2. The van der Waals surface area contributed by atoms with E-state index in [1.807, 2.05) is 24.3 Å². The van der Waals surface area contributed by atoms with E-state index in [0.29, 0.717) is 12.5 Å². The van der Waals surface area contributed by atoms with Crippen LogP contribution in [0.2, 0.25) is 5.02 Å². The van der Waals surface area contributed by atoms with Gasteiger partial charge in [0, 0.05) is 10.6 Å². The van der Waals surface area contributed by atoms with E-state index in [9.17, 15) is 0 Å². The first-order valence-electron chi connectivity index (χ1n) is 7.08. The Hall–Kier alpha value is -1.71. The molecule has 0 saturated heterocycles. The van der Waals surface area contributed by atoms with Crippen molar-refractivity contribution in [1.82, 2.24) is 0 Å². The lowest BCUT2D eigenvalue weighted by Gasteiger charge is -2.14. The summed E-state index contributed by atoms with van der Waals surface area (Å²) in [4.78, 5) is 0. The van der Waals surface area contributed by atoms with Crippen molar-refractivity contribution >= 4 is 11.6 Å². The summed E-state index contributed by atoms with van der Waals surface area (Å²) >= 11 is 6.37. The molecular weight excluding hydrogens is 286 g/mol. The van der Waals surface area contributed by atoms with E-state index in [-0.39, 0.29) is 6.79 Å². The smallest absolute Gasteiger partial charge is 0.231 e. The normalized spacial score (nSPS) is 14.2. The summed E-state index contributed by atoms with van der Waals surface area (Å²) in [6, 6.07) is 12.1. The van der Waals surface area contributed by atoms with E-state index >= 15 is 0 Å². The van der Waals surface area contributed by atoms with E-state index < -0.39 is 0 Å². The molecule has 1 unspecified atom stereocenters. The van der Waals surface area contributed by atoms with E-state index in [4.69, 9.17) is 26.8 Å². The highest BCUT2D eigenvalue weighted by Gasteiger charge is 2.16. The zero-order valence-electron chi connectivity index (χ0n) is 11.9. The van der Waals surface area contributed by atoms with Gasteiger partial charge in [0.2, 0.25) is 6.79 Å². The minimum atomic E-state index is 0.278. The lowest BCUT2D eigenvalue weighted by molar-refractivity contribution is 0.174. The molecule has 0 saturated carbocycles. The molecule has 1 aliphatic rings. The van der Waals surface area contributed by atoms with Crippen LogP contribution in [0.1, 0.15) is 24.8 Å². The lowest BCUT2D eigenvalue weighted by Crippen LogP contribution is -2.04. The SMILES string of the molecule is CC(CCN)c1ccc(Cl)c(-c2ccc3c(c2)OCO3)c1. The van der Waals surface area contributed by atoms with Gasteiger partial charge < -0.3 is 15.2 Å². The molecule has 1 heterocycles. The molecule has 0 radical (unpaired) electrons. The third kappa shape index (κ3) is 2.85. The number of hydrogen-bond donors (Lipinski definition) is 1. The Morgan fingerprint density at radius 2 is 1.95 bits per heavy atom. The van der Waals surface area contributed by atoms with Crippen molar-refractivity contribution in [3.05, 3.63) is 47.0 Å². The fraction of sp³-hybridized carbons (Fsp3) is 0.294. The molecule has 0 fully saturated rings. The minimum absolute atomic E-state index is 0.278. The van der Waals surface area contributed by atoms with Crippen LogP contribution in [-0.2, 0) is 0 Å². The predicted molar refractivity (Wildman–Crippen MR) is 85.1 cm³/mol. The Balaban J connectivity index is 1.99. The maximum Gasteiger partial charge on any atom is 0.231 e. The molecule has 0 aliphatic carbocycles. The molecule has 2 N–H and O–H groups in total. The molecule has 0 aromatic heterocycles. The number of hydrogen-bond acceptors (Lipinski definition) is 3. The van der Waals surface area contributed by atoms with Crippen molar-refractivity contribution in [2.75, 3.05) is 13.3 Å². The Morgan fingerprint density at radius 3 is 2.76 bits per heavy atom. The van der Waals surface area contributed by atoms with Crippen molar-refractivity contribution in [3.8, 4) is 22.6 Å². The maximum absolute atomic E-state index is 6.37. The number of halogens is 1. The van der Waals surface area contributed by atoms with Crippen LogP contribution in [0.25, 0.3) is 11.1 Å². The quantitative estimate of drug-likeness (QED) is 0.921. The van der Waals surface area contributed by atoms with E-state index in [1.165, 1.54) is 5.56 Å². The van der Waals surface area contributed by atoms with Crippen molar-refractivity contribution in [2.45, 2.75) is 19.3 Å². The predicted octanol–water partition coefficient (Wildman–Crippen LogP) is 4.19. The summed E-state index contributed by atoms with van der Waals surface area (Å²) in [6.07, 6.45) is 0.961. The van der Waals surface area contributed by atoms with Crippen LogP contribution in [-0.4, -0.2) is 13.3 Å². The third-order valence-corrected chi connectivity index (χ3v) is 4.17. The Labute approximate surface area is 129 Å². The molecule has 0 spiro atoms. The molecule has 1 aliphatic heterocycles. The Morgan fingerprint density at radius 1 is 1.14 bits per heavy atom. The summed E-state index contributed by atoms with van der Waals surface area (Å²) in [7, 11) is 0. The summed E-state index contributed by atoms with van der Waals surface area (Å²) < 4.78 is 10.8. The van der Waals surface area contributed by atoms with Crippen LogP contribution >= 0.6 is 11.6 Å². The second-order valence-corrected chi connectivity index (χ2v) is 5.69. The summed E-state index contributed by atoms with van der Waals surface area (Å²) in [6.45, 7) is 3.14. The summed E-state index contributed by atoms with van der Waals surface area (Å²) in [5.74, 6) is 1.96. The maximum atomic E-state index is 6.37. The second-order valence-electron chi connectivity index (χ2n) is 5.29. The molecule has 21 heavy (non-hydrogen) atoms. The van der Waals surface area contributed by atoms with Gasteiger partial charge in [0.25, 0.3) is 0 Å². The molecule has 2 aromatic rings. The topological polar surface area (TPSA) is 44.5 Å². The van der Waals surface area contributed by atoms with Crippen LogP contribution < -0.4 is 15.2 Å². The van der Waals surface area contributed by atoms with Gasteiger partial charge in [-0.15, -0.1) is 0 Å². The molecule has 110 valence electrons. The molecule has 4 heteroatoms. The molecule has 0 bridgehead atoms. The molecule has 1 atom stereocenters. The molecule has 2 aromatic carbocycles. The summed E-state index contributed by atoms with van der Waals surface area (Å²) in [5.41, 5.74) is 8.94. The van der Waals surface area contributed by atoms with Crippen LogP contribution in [0.5, 0.6) is 11.5 Å². The van der Waals surface area contributed by atoms with Crippen molar-refractivity contribution in [3.63, 3.8) is 0 Å². The van der Waals surface area contributed by atoms with Gasteiger partial charge in [-0.05, 0) is 54.3 Å². The highest BCUT2D eigenvalue weighted by Crippen LogP contribution is 2.38. The fourth-order valence-corrected chi connectivity index (χ4v) is 2.78. The van der Waals surface area contributed by atoms with Crippen LogP contribution in [0.15, 0.2) is 36.4 Å². The number of fused-ring (bicyclic) bond motifs is 1. The van der Waals surface area contributed by atoms with Crippen molar-refractivity contribution in [1.29, 1.82) is 0 Å². The van der Waals surface area contributed by atoms with Gasteiger partial charge in [-0.1, -0.05) is 30.7 Å². The van der Waals surface area contributed by atoms with Crippen molar-refractivity contribution < 1.29 is 9.47 Å². The molecule has 0 amide bonds. The van der Waals surface area contributed by atoms with Gasteiger partial charge in [0.1, 0.15) is 0 Å². The largest absolute Gasteiger partial charge is 0.454 e. The second kappa shape index (κ2) is 5.96. The fourth-order valence-electron chi connectivity index (χ4n) is 2.55. The molecule has 3 rings (SSSR count). The van der Waals surface area contributed by atoms with Gasteiger partial charge >= 0.3 is 0 Å². The monoisotopic (exact) mass is 303 g/mol. The average Bonchev–Trinajstić information content (AvgIpc) is 2.95. The Bertz CT molecular complexity index is 657. The minimum Gasteiger partial charge on any atom is -0.454 e. The number of benzene rings is 2. The van der Waals surface area contributed by atoms with Crippen molar-refractivity contribution in [2.24, 2.45) is 5.73 Å². The van der Waals surface area contributed by atoms with E-state index in [0.717, 1.165) is 34.1 Å². The first-order chi connectivity index (χ1) is 10.2. The van der Waals surface area contributed by atoms with Crippen LogP contribution in [0, 0.1) is 0 Å². The van der Waals surface area contributed by atoms with Gasteiger partial charge in [0.15, 0.2) is 11.5 Å². The average molecular weight is 304 g/mol. The van der Waals surface area contributed by atoms with Gasteiger partial charge in [0.05, 0.1) is 0 Å². The zero-order valence-corrected chi connectivity index (χ0v) is 12.7. The van der Waals surface area contributed by atoms with Gasteiger partial charge in [-0.25, -0.2) is 0 Å². The molecular formula is C17H18ClNO2. The standard InChI is InChI=1S/C17H18ClNO2/c1-11(6-7-19)12-2-4-15(18)14(8-12)13-3-5-16-17(9-13)21-10-20-16/h2-5,8-9,11H,6-7,10,19H2,1H3. The highest BCUT2D eigenvalue weighted by atomic mass is 35.5. The number of nitrogens with two attached hydrogens (primary N) is 1. The van der Waals surface area contributed by atoms with Gasteiger partial charge in [-0.3, -0.25) is 0 Å². The summed E-state index contributed by atoms with van der Waals surface area (Å²) in [5, 5.41) is 0.734. The number of ether oxygens (including phenoxy) is 2.